The van der Waals surface area contributed by atoms with Gasteiger partial charge in [0.15, 0.2) is 12.6 Å². The second-order valence-corrected chi connectivity index (χ2v) is 6.49. The fourth-order valence-electron chi connectivity index (χ4n) is 3.24. The Kier molecular flexibility index (Phi) is 5.31. The summed E-state index contributed by atoms with van der Waals surface area (Å²) in [6.07, 6.45) is -4.77. The standard InChI is InChI=1S/C20H22O6/c21-15-11-23-19(13-7-3-1-4-8-13)25-16-12-24-20(26-18(16)17(15)22)14-9-5-2-6-10-14/h1-10,15-22H,11-12H2/t15-,16+,17+,18+,19?,20?/m1/s1. The molecule has 2 heterocycles. The molecule has 2 saturated heterocycles. The molecule has 2 unspecified atom stereocenters. The van der Waals surface area contributed by atoms with Crippen LogP contribution in [0, 0.1) is 0 Å². The SMILES string of the molecule is O[C@@H]1[C@H]2OC(c3ccccc3)OC[C@@H]2OC(c2ccccc2)OC[C@H]1O. The van der Waals surface area contributed by atoms with Crippen LogP contribution in [0.5, 0.6) is 0 Å². The lowest BCUT2D eigenvalue weighted by Gasteiger charge is -2.42. The van der Waals surface area contributed by atoms with Crippen LogP contribution < -0.4 is 0 Å². The highest BCUT2D eigenvalue weighted by Gasteiger charge is 2.43. The smallest absolute Gasteiger partial charge is 0.184 e. The van der Waals surface area contributed by atoms with Gasteiger partial charge in [0.1, 0.15) is 24.4 Å². The zero-order valence-corrected chi connectivity index (χ0v) is 14.2. The van der Waals surface area contributed by atoms with Crippen molar-refractivity contribution in [3.63, 3.8) is 0 Å². The molecule has 2 aromatic rings. The molecule has 2 aliphatic heterocycles. The molecule has 0 amide bonds. The van der Waals surface area contributed by atoms with Gasteiger partial charge in [-0.1, -0.05) is 60.7 Å². The van der Waals surface area contributed by atoms with Crippen LogP contribution in [-0.2, 0) is 18.9 Å². The summed E-state index contributed by atoms with van der Waals surface area (Å²) in [5, 5.41) is 20.8. The van der Waals surface area contributed by atoms with Gasteiger partial charge in [0.05, 0.1) is 13.2 Å². The molecule has 6 nitrogen and oxygen atoms in total. The maximum absolute atomic E-state index is 10.5. The molecule has 0 aliphatic carbocycles. The largest absolute Gasteiger partial charge is 0.388 e. The molecular formula is C20H22O6. The number of hydrogen-bond donors (Lipinski definition) is 2. The van der Waals surface area contributed by atoms with E-state index in [9.17, 15) is 10.2 Å². The summed E-state index contributed by atoms with van der Waals surface area (Å²) in [5.41, 5.74) is 1.69. The van der Waals surface area contributed by atoms with E-state index < -0.39 is 37.0 Å². The average Bonchev–Trinajstić information content (AvgIpc) is 2.71. The number of benzene rings is 2. The molecule has 2 fully saturated rings. The van der Waals surface area contributed by atoms with Crippen molar-refractivity contribution in [1.82, 2.24) is 0 Å². The van der Waals surface area contributed by atoms with Gasteiger partial charge in [0, 0.05) is 11.1 Å². The van der Waals surface area contributed by atoms with E-state index in [0.717, 1.165) is 11.1 Å². The number of aliphatic hydroxyl groups excluding tert-OH is 2. The minimum absolute atomic E-state index is 0.0514. The van der Waals surface area contributed by atoms with Gasteiger partial charge in [0.25, 0.3) is 0 Å². The van der Waals surface area contributed by atoms with Crippen molar-refractivity contribution < 1.29 is 29.2 Å². The number of aliphatic hydroxyl groups is 2. The summed E-state index contributed by atoms with van der Waals surface area (Å²) in [7, 11) is 0. The molecule has 2 aromatic carbocycles. The molecule has 0 radical (unpaired) electrons. The Hall–Kier alpha value is -1.80. The number of ether oxygens (including phenoxy) is 4. The summed E-state index contributed by atoms with van der Waals surface area (Å²) in [6.45, 7) is 0.171. The monoisotopic (exact) mass is 358 g/mol. The van der Waals surface area contributed by atoms with Crippen LogP contribution in [0.4, 0.5) is 0 Å². The van der Waals surface area contributed by atoms with E-state index in [0.29, 0.717) is 0 Å². The third-order valence-electron chi connectivity index (χ3n) is 4.65. The van der Waals surface area contributed by atoms with E-state index >= 15 is 0 Å². The van der Waals surface area contributed by atoms with E-state index in [4.69, 9.17) is 18.9 Å². The maximum Gasteiger partial charge on any atom is 0.184 e. The molecule has 26 heavy (non-hydrogen) atoms. The first-order valence-electron chi connectivity index (χ1n) is 8.72. The van der Waals surface area contributed by atoms with Crippen molar-refractivity contribution in [3.8, 4) is 0 Å². The first kappa shape index (κ1) is 17.6. The molecule has 138 valence electrons. The first-order chi connectivity index (χ1) is 12.7. The van der Waals surface area contributed by atoms with Crippen LogP contribution in [0.1, 0.15) is 23.7 Å². The molecule has 0 saturated carbocycles. The predicted molar refractivity (Wildman–Crippen MR) is 92.0 cm³/mol. The average molecular weight is 358 g/mol. The second-order valence-electron chi connectivity index (χ2n) is 6.49. The van der Waals surface area contributed by atoms with Crippen LogP contribution >= 0.6 is 0 Å². The van der Waals surface area contributed by atoms with Gasteiger partial charge in [-0.2, -0.15) is 0 Å². The normalized spacial score (nSPS) is 35.2. The van der Waals surface area contributed by atoms with Crippen LogP contribution in [0.2, 0.25) is 0 Å². The lowest BCUT2D eigenvalue weighted by atomic mass is 10.0. The van der Waals surface area contributed by atoms with E-state index in [1.54, 1.807) is 0 Å². The topological polar surface area (TPSA) is 77.4 Å². The molecule has 6 heteroatoms. The molecule has 6 atom stereocenters. The van der Waals surface area contributed by atoms with E-state index in [-0.39, 0.29) is 13.2 Å². The number of hydrogen-bond acceptors (Lipinski definition) is 6. The maximum atomic E-state index is 10.5. The van der Waals surface area contributed by atoms with Gasteiger partial charge >= 0.3 is 0 Å². The third kappa shape index (κ3) is 3.66. The van der Waals surface area contributed by atoms with Crippen LogP contribution in [0.25, 0.3) is 0 Å². The van der Waals surface area contributed by atoms with Crippen molar-refractivity contribution in [2.45, 2.75) is 37.0 Å². The molecule has 2 N–H and O–H groups in total. The van der Waals surface area contributed by atoms with Gasteiger partial charge in [0.2, 0.25) is 0 Å². The molecular weight excluding hydrogens is 336 g/mol. The van der Waals surface area contributed by atoms with Crippen molar-refractivity contribution in [3.05, 3.63) is 71.8 Å². The van der Waals surface area contributed by atoms with Crippen LogP contribution in [-0.4, -0.2) is 47.8 Å². The van der Waals surface area contributed by atoms with E-state index in [2.05, 4.69) is 0 Å². The Morgan fingerprint density at radius 3 is 1.85 bits per heavy atom. The highest BCUT2D eigenvalue weighted by atomic mass is 16.7. The zero-order valence-electron chi connectivity index (χ0n) is 14.2. The fourth-order valence-corrected chi connectivity index (χ4v) is 3.24. The Bertz CT molecular complexity index is 694. The first-order valence-corrected chi connectivity index (χ1v) is 8.72. The summed E-state index contributed by atoms with van der Waals surface area (Å²) in [4.78, 5) is 0. The van der Waals surface area contributed by atoms with E-state index in [1.807, 2.05) is 60.7 Å². The molecule has 4 rings (SSSR count). The summed E-state index contributed by atoms with van der Waals surface area (Å²) < 4.78 is 23.5. The summed E-state index contributed by atoms with van der Waals surface area (Å²) in [5.74, 6) is 0. The minimum Gasteiger partial charge on any atom is -0.388 e. The highest BCUT2D eigenvalue weighted by Crippen LogP contribution is 2.34. The van der Waals surface area contributed by atoms with Gasteiger partial charge in [-0.25, -0.2) is 0 Å². The number of rotatable bonds is 2. The summed E-state index contributed by atoms with van der Waals surface area (Å²) >= 11 is 0. The van der Waals surface area contributed by atoms with Crippen LogP contribution in [0.3, 0.4) is 0 Å². The lowest BCUT2D eigenvalue weighted by Crippen LogP contribution is -2.55. The quantitative estimate of drug-likeness (QED) is 0.854. The van der Waals surface area contributed by atoms with Crippen molar-refractivity contribution in [2.24, 2.45) is 0 Å². The Morgan fingerprint density at radius 1 is 0.692 bits per heavy atom. The molecule has 2 aliphatic rings. The van der Waals surface area contributed by atoms with Crippen LogP contribution in [0.15, 0.2) is 60.7 Å². The van der Waals surface area contributed by atoms with Gasteiger partial charge in [-0.15, -0.1) is 0 Å². The van der Waals surface area contributed by atoms with Crippen molar-refractivity contribution >= 4 is 0 Å². The molecule has 0 aromatic heterocycles. The van der Waals surface area contributed by atoms with E-state index in [1.165, 1.54) is 0 Å². The predicted octanol–water partition coefficient (Wildman–Crippen LogP) is 1.94. The Labute approximate surface area is 151 Å². The Morgan fingerprint density at radius 2 is 1.23 bits per heavy atom. The molecule has 0 bridgehead atoms. The van der Waals surface area contributed by atoms with Crippen molar-refractivity contribution in [1.29, 1.82) is 0 Å². The Balaban J connectivity index is 1.55. The zero-order chi connectivity index (χ0) is 17.9. The van der Waals surface area contributed by atoms with Crippen molar-refractivity contribution in [2.75, 3.05) is 13.2 Å². The second kappa shape index (κ2) is 7.84. The number of fused-ring (bicyclic) bond motifs is 1. The summed E-state index contributed by atoms with van der Waals surface area (Å²) in [6, 6.07) is 19.0. The highest BCUT2D eigenvalue weighted by molar-refractivity contribution is 5.18. The molecule has 0 spiro atoms. The lowest BCUT2D eigenvalue weighted by molar-refractivity contribution is -0.332. The third-order valence-corrected chi connectivity index (χ3v) is 4.65. The fraction of sp³-hybridized carbons (Fsp3) is 0.400. The van der Waals surface area contributed by atoms with Gasteiger partial charge < -0.3 is 29.2 Å². The van der Waals surface area contributed by atoms with Gasteiger partial charge in [-0.3, -0.25) is 0 Å². The minimum atomic E-state index is -1.13. The van der Waals surface area contributed by atoms with Gasteiger partial charge in [-0.05, 0) is 0 Å².